The zero-order valence-electron chi connectivity index (χ0n) is 8.34. The lowest BCUT2D eigenvalue weighted by molar-refractivity contribution is 0.337. The van der Waals surface area contributed by atoms with Gasteiger partial charge in [-0.25, -0.2) is 0 Å². The Balaban J connectivity index is 3.14. The van der Waals surface area contributed by atoms with E-state index < -0.39 is 0 Å². The molecule has 0 aliphatic heterocycles. The van der Waals surface area contributed by atoms with Gasteiger partial charge >= 0.3 is 0 Å². The first-order chi connectivity index (χ1) is 7.19. The summed E-state index contributed by atoms with van der Waals surface area (Å²) in [4.78, 5) is 0. The topological polar surface area (TPSA) is 29.5 Å². The first kappa shape index (κ1) is 12.7. The quantitative estimate of drug-likeness (QED) is 0.910. The van der Waals surface area contributed by atoms with Crippen molar-refractivity contribution in [3.8, 4) is 5.75 Å². The summed E-state index contributed by atoms with van der Waals surface area (Å²) in [5.74, 6) is 0.797. The molecule has 0 aromatic heterocycles. The molecule has 0 fully saturated rings. The van der Waals surface area contributed by atoms with Crippen molar-refractivity contribution in [1.82, 2.24) is 0 Å². The molecule has 0 heterocycles. The summed E-state index contributed by atoms with van der Waals surface area (Å²) < 4.78 is 7.39. The SMILES string of the molecule is CCOc1c(Br)cc(Br)cc1C=CCO. The molecule has 0 atom stereocenters. The maximum absolute atomic E-state index is 8.74. The summed E-state index contributed by atoms with van der Waals surface area (Å²) in [6.07, 6.45) is 3.51. The third-order valence-corrected chi connectivity index (χ3v) is 2.78. The molecule has 0 aliphatic carbocycles. The zero-order chi connectivity index (χ0) is 11.3. The standard InChI is InChI=1S/C11H12Br2O2/c1-2-15-11-8(4-3-5-14)6-9(12)7-10(11)13/h3-4,6-7,14H,2,5H2,1H3. The van der Waals surface area contributed by atoms with Gasteiger partial charge in [-0.1, -0.05) is 28.1 Å². The van der Waals surface area contributed by atoms with Crippen LogP contribution in [0.1, 0.15) is 12.5 Å². The molecule has 0 unspecified atom stereocenters. The Morgan fingerprint density at radius 1 is 1.40 bits per heavy atom. The summed E-state index contributed by atoms with van der Waals surface area (Å²) >= 11 is 6.85. The van der Waals surface area contributed by atoms with Crippen LogP contribution in [0.3, 0.4) is 0 Å². The molecule has 0 saturated carbocycles. The van der Waals surface area contributed by atoms with E-state index in [0.29, 0.717) is 6.61 Å². The van der Waals surface area contributed by atoms with Crippen molar-refractivity contribution in [2.24, 2.45) is 0 Å². The molecule has 15 heavy (non-hydrogen) atoms. The third-order valence-electron chi connectivity index (χ3n) is 1.73. The summed E-state index contributed by atoms with van der Waals surface area (Å²) in [5, 5.41) is 8.74. The number of ether oxygens (including phenoxy) is 1. The van der Waals surface area contributed by atoms with E-state index in [0.717, 1.165) is 20.3 Å². The van der Waals surface area contributed by atoms with Gasteiger partial charge in [-0.15, -0.1) is 0 Å². The predicted octanol–water partition coefficient (Wildman–Crippen LogP) is 3.62. The van der Waals surface area contributed by atoms with Crippen molar-refractivity contribution in [1.29, 1.82) is 0 Å². The Bertz CT molecular complexity index is 362. The Labute approximate surface area is 106 Å². The van der Waals surface area contributed by atoms with Crippen LogP contribution in [0.4, 0.5) is 0 Å². The van der Waals surface area contributed by atoms with Crippen molar-refractivity contribution in [2.75, 3.05) is 13.2 Å². The summed E-state index contributed by atoms with van der Waals surface area (Å²) in [6.45, 7) is 2.57. The number of aliphatic hydroxyl groups is 1. The Morgan fingerprint density at radius 3 is 2.73 bits per heavy atom. The molecule has 2 nitrogen and oxygen atoms in total. The first-order valence-corrected chi connectivity index (χ1v) is 6.17. The summed E-state index contributed by atoms with van der Waals surface area (Å²) in [7, 11) is 0. The van der Waals surface area contributed by atoms with Crippen molar-refractivity contribution in [3.05, 3.63) is 32.7 Å². The van der Waals surface area contributed by atoms with Gasteiger partial charge in [0.15, 0.2) is 0 Å². The maximum Gasteiger partial charge on any atom is 0.140 e. The Morgan fingerprint density at radius 2 is 2.13 bits per heavy atom. The fourth-order valence-electron chi connectivity index (χ4n) is 1.18. The van der Waals surface area contributed by atoms with Gasteiger partial charge in [0.25, 0.3) is 0 Å². The second-order valence-electron chi connectivity index (χ2n) is 2.82. The zero-order valence-corrected chi connectivity index (χ0v) is 11.5. The number of benzene rings is 1. The van der Waals surface area contributed by atoms with Crippen LogP contribution in [0.25, 0.3) is 6.08 Å². The van der Waals surface area contributed by atoms with Crippen molar-refractivity contribution < 1.29 is 9.84 Å². The van der Waals surface area contributed by atoms with Crippen molar-refractivity contribution in [2.45, 2.75) is 6.92 Å². The average molecular weight is 336 g/mol. The highest BCUT2D eigenvalue weighted by Gasteiger charge is 2.07. The molecular formula is C11H12Br2O2. The Hall–Kier alpha value is -0.320. The fourth-order valence-corrected chi connectivity index (χ4v) is 2.55. The molecule has 0 aliphatic rings. The van der Waals surface area contributed by atoms with Crippen molar-refractivity contribution in [3.63, 3.8) is 0 Å². The molecule has 1 aromatic carbocycles. The van der Waals surface area contributed by atoms with E-state index in [-0.39, 0.29) is 6.61 Å². The number of aliphatic hydroxyl groups excluding tert-OH is 1. The molecule has 82 valence electrons. The van der Waals surface area contributed by atoms with E-state index in [1.165, 1.54) is 0 Å². The highest BCUT2D eigenvalue weighted by Crippen LogP contribution is 2.33. The van der Waals surface area contributed by atoms with E-state index in [2.05, 4.69) is 31.9 Å². The molecule has 0 radical (unpaired) electrons. The fraction of sp³-hybridized carbons (Fsp3) is 0.273. The van der Waals surface area contributed by atoms with Crippen LogP contribution in [0.15, 0.2) is 27.2 Å². The lowest BCUT2D eigenvalue weighted by Gasteiger charge is -2.10. The maximum atomic E-state index is 8.74. The highest BCUT2D eigenvalue weighted by atomic mass is 79.9. The van der Waals surface area contributed by atoms with Crippen LogP contribution < -0.4 is 4.74 Å². The molecule has 0 amide bonds. The van der Waals surface area contributed by atoms with Gasteiger partial charge in [-0.05, 0) is 35.0 Å². The summed E-state index contributed by atoms with van der Waals surface area (Å²) in [6, 6.07) is 3.88. The minimum atomic E-state index is 0.0235. The lowest BCUT2D eigenvalue weighted by Crippen LogP contribution is -1.95. The van der Waals surface area contributed by atoms with Gasteiger partial charge < -0.3 is 9.84 Å². The summed E-state index contributed by atoms with van der Waals surface area (Å²) in [5.41, 5.74) is 0.937. The van der Waals surface area contributed by atoms with Crippen molar-refractivity contribution >= 4 is 37.9 Å². The van der Waals surface area contributed by atoms with Crippen LogP contribution in [0.5, 0.6) is 5.75 Å². The number of rotatable bonds is 4. The average Bonchev–Trinajstić information content (AvgIpc) is 2.19. The van der Waals surface area contributed by atoms with Gasteiger partial charge in [-0.3, -0.25) is 0 Å². The highest BCUT2D eigenvalue weighted by molar-refractivity contribution is 9.11. The van der Waals surface area contributed by atoms with Gasteiger partial charge in [0.2, 0.25) is 0 Å². The minimum absolute atomic E-state index is 0.0235. The predicted molar refractivity (Wildman–Crippen MR) is 69.1 cm³/mol. The molecule has 1 aromatic rings. The van der Waals surface area contributed by atoms with Crippen LogP contribution in [-0.4, -0.2) is 18.3 Å². The second-order valence-corrected chi connectivity index (χ2v) is 4.59. The van der Waals surface area contributed by atoms with Gasteiger partial charge in [-0.2, -0.15) is 0 Å². The van der Waals surface area contributed by atoms with E-state index in [4.69, 9.17) is 9.84 Å². The molecule has 0 bridgehead atoms. The molecule has 1 N–H and O–H groups in total. The first-order valence-electron chi connectivity index (χ1n) is 4.58. The van der Waals surface area contributed by atoms with Crippen LogP contribution in [-0.2, 0) is 0 Å². The number of halogens is 2. The van der Waals surface area contributed by atoms with Crippen LogP contribution in [0, 0.1) is 0 Å². The normalized spacial score (nSPS) is 10.9. The second kappa shape index (κ2) is 6.30. The van der Waals surface area contributed by atoms with Gasteiger partial charge in [0.1, 0.15) is 5.75 Å². The molecule has 1 rings (SSSR count). The van der Waals surface area contributed by atoms with E-state index in [9.17, 15) is 0 Å². The number of hydrogen-bond donors (Lipinski definition) is 1. The Kier molecular flexibility index (Phi) is 5.36. The van der Waals surface area contributed by atoms with Crippen LogP contribution in [0.2, 0.25) is 0 Å². The molecule has 0 spiro atoms. The smallest absolute Gasteiger partial charge is 0.140 e. The van der Waals surface area contributed by atoms with Gasteiger partial charge in [0.05, 0.1) is 17.7 Å². The van der Waals surface area contributed by atoms with E-state index >= 15 is 0 Å². The monoisotopic (exact) mass is 334 g/mol. The molecule has 4 heteroatoms. The molecule has 0 saturated heterocycles. The lowest BCUT2D eigenvalue weighted by atomic mass is 10.2. The molecular weight excluding hydrogens is 324 g/mol. The van der Waals surface area contributed by atoms with Crippen LogP contribution >= 0.6 is 31.9 Å². The largest absolute Gasteiger partial charge is 0.492 e. The third kappa shape index (κ3) is 3.63. The van der Waals surface area contributed by atoms with Gasteiger partial charge in [0, 0.05) is 10.0 Å². The van der Waals surface area contributed by atoms with E-state index in [1.807, 2.05) is 25.1 Å². The number of hydrogen-bond acceptors (Lipinski definition) is 2. The van der Waals surface area contributed by atoms with E-state index in [1.54, 1.807) is 6.08 Å². The minimum Gasteiger partial charge on any atom is -0.492 e.